The van der Waals surface area contributed by atoms with Gasteiger partial charge in [-0.2, -0.15) is 4.98 Å². The van der Waals surface area contributed by atoms with E-state index < -0.39 is 10.0 Å². The molecule has 0 bridgehead atoms. The lowest BCUT2D eigenvalue weighted by atomic mass is 10.1. The van der Waals surface area contributed by atoms with Gasteiger partial charge in [0.15, 0.2) is 0 Å². The first-order valence-electron chi connectivity index (χ1n) is 8.03. The van der Waals surface area contributed by atoms with Gasteiger partial charge in [0.05, 0.1) is 5.75 Å². The molecule has 0 radical (unpaired) electrons. The molecule has 0 aliphatic heterocycles. The number of aryl methyl sites for hydroxylation is 1. The maximum absolute atomic E-state index is 12.9. The summed E-state index contributed by atoms with van der Waals surface area (Å²) < 4.78 is 45.0. The van der Waals surface area contributed by atoms with Crippen molar-refractivity contribution in [3.05, 3.63) is 71.4 Å². The van der Waals surface area contributed by atoms with Crippen LogP contribution in [-0.2, 0) is 22.2 Å². The van der Waals surface area contributed by atoms with E-state index in [4.69, 9.17) is 4.52 Å². The van der Waals surface area contributed by atoms with E-state index in [1.807, 2.05) is 25.1 Å². The standard InChI is InChI=1S/C18H18FN3O3S/c1-13-4-2-3-5-15(13)12-26(23,24)20-11-10-17-21-18(22-25-17)14-6-8-16(19)9-7-14/h2-9,20H,10-12H2,1H3. The fraction of sp³-hybridized carbons (Fsp3) is 0.222. The average molecular weight is 375 g/mol. The van der Waals surface area contributed by atoms with Gasteiger partial charge >= 0.3 is 0 Å². The SMILES string of the molecule is Cc1ccccc1CS(=O)(=O)NCCc1nc(-c2ccc(F)cc2)no1. The van der Waals surface area contributed by atoms with Crippen LogP contribution in [0.15, 0.2) is 53.1 Å². The maximum atomic E-state index is 12.9. The lowest BCUT2D eigenvalue weighted by Crippen LogP contribution is -2.27. The zero-order valence-corrected chi connectivity index (χ0v) is 15.0. The number of nitrogens with one attached hydrogen (secondary N) is 1. The molecule has 0 saturated heterocycles. The van der Waals surface area contributed by atoms with Crippen molar-refractivity contribution in [3.63, 3.8) is 0 Å². The molecule has 0 aliphatic rings. The summed E-state index contributed by atoms with van der Waals surface area (Å²) in [5.41, 5.74) is 2.32. The summed E-state index contributed by atoms with van der Waals surface area (Å²) in [6, 6.07) is 13.1. The largest absolute Gasteiger partial charge is 0.339 e. The van der Waals surface area contributed by atoms with Crippen LogP contribution in [-0.4, -0.2) is 25.1 Å². The number of rotatable bonds is 7. The summed E-state index contributed by atoms with van der Waals surface area (Å²) in [6.07, 6.45) is 0.265. The normalized spacial score (nSPS) is 11.6. The topological polar surface area (TPSA) is 85.1 Å². The molecule has 8 heteroatoms. The molecule has 0 fully saturated rings. The summed E-state index contributed by atoms with van der Waals surface area (Å²) in [5.74, 6) is 0.218. The first-order valence-corrected chi connectivity index (χ1v) is 9.68. The first-order chi connectivity index (χ1) is 12.4. The van der Waals surface area contributed by atoms with Gasteiger partial charge < -0.3 is 4.52 Å². The van der Waals surface area contributed by atoms with Crippen LogP contribution in [0.2, 0.25) is 0 Å². The summed E-state index contributed by atoms with van der Waals surface area (Å²) in [7, 11) is -3.46. The maximum Gasteiger partial charge on any atom is 0.228 e. The molecular formula is C18H18FN3O3S. The van der Waals surface area contributed by atoms with Crippen molar-refractivity contribution in [3.8, 4) is 11.4 Å². The van der Waals surface area contributed by atoms with E-state index >= 15 is 0 Å². The molecular weight excluding hydrogens is 357 g/mol. The second kappa shape index (κ2) is 7.76. The van der Waals surface area contributed by atoms with Crippen LogP contribution in [0.5, 0.6) is 0 Å². The minimum absolute atomic E-state index is 0.0790. The van der Waals surface area contributed by atoms with Crippen LogP contribution in [0.4, 0.5) is 4.39 Å². The van der Waals surface area contributed by atoms with Crippen molar-refractivity contribution >= 4 is 10.0 Å². The van der Waals surface area contributed by atoms with Gasteiger partial charge in [-0.1, -0.05) is 29.4 Å². The van der Waals surface area contributed by atoms with E-state index in [1.165, 1.54) is 12.1 Å². The van der Waals surface area contributed by atoms with Crippen LogP contribution in [0.1, 0.15) is 17.0 Å². The third-order valence-electron chi connectivity index (χ3n) is 3.84. The minimum atomic E-state index is -3.46. The van der Waals surface area contributed by atoms with Crippen molar-refractivity contribution in [2.45, 2.75) is 19.1 Å². The van der Waals surface area contributed by atoms with E-state index in [-0.39, 0.29) is 24.5 Å². The molecule has 136 valence electrons. The first kappa shape index (κ1) is 18.2. The Kier molecular flexibility index (Phi) is 5.43. The molecule has 0 spiro atoms. The van der Waals surface area contributed by atoms with Crippen LogP contribution in [0, 0.1) is 12.7 Å². The van der Waals surface area contributed by atoms with Crippen molar-refractivity contribution in [1.29, 1.82) is 0 Å². The number of hydrogen-bond acceptors (Lipinski definition) is 5. The molecule has 1 aromatic heterocycles. The van der Waals surface area contributed by atoms with E-state index in [9.17, 15) is 12.8 Å². The molecule has 0 amide bonds. The zero-order valence-electron chi connectivity index (χ0n) is 14.1. The second-order valence-electron chi connectivity index (χ2n) is 5.85. The summed E-state index contributed by atoms with van der Waals surface area (Å²) in [5, 5.41) is 3.82. The number of aromatic nitrogens is 2. The molecule has 1 N–H and O–H groups in total. The smallest absolute Gasteiger partial charge is 0.228 e. The van der Waals surface area contributed by atoms with Crippen LogP contribution < -0.4 is 4.72 Å². The Morgan fingerprint density at radius 1 is 1.12 bits per heavy atom. The Morgan fingerprint density at radius 2 is 1.85 bits per heavy atom. The molecule has 3 aromatic rings. The van der Waals surface area contributed by atoms with Crippen LogP contribution >= 0.6 is 0 Å². The molecule has 2 aromatic carbocycles. The van der Waals surface area contributed by atoms with Gasteiger partial charge in [0.2, 0.25) is 21.7 Å². The number of halogens is 1. The predicted molar refractivity (Wildman–Crippen MR) is 95.2 cm³/mol. The number of hydrogen-bond donors (Lipinski definition) is 1. The Hall–Kier alpha value is -2.58. The lowest BCUT2D eigenvalue weighted by molar-refractivity contribution is 0.379. The van der Waals surface area contributed by atoms with Crippen LogP contribution in [0.25, 0.3) is 11.4 Å². The van der Waals surface area contributed by atoms with Gasteiger partial charge in [-0.25, -0.2) is 17.5 Å². The molecule has 26 heavy (non-hydrogen) atoms. The van der Waals surface area contributed by atoms with Gasteiger partial charge in [-0.15, -0.1) is 0 Å². The molecule has 3 rings (SSSR count). The minimum Gasteiger partial charge on any atom is -0.339 e. The molecule has 0 unspecified atom stereocenters. The fourth-order valence-corrected chi connectivity index (χ4v) is 3.66. The molecule has 6 nitrogen and oxygen atoms in total. The molecule has 1 heterocycles. The molecule has 0 saturated carbocycles. The Bertz CT molecular complexity index is 985. The lowest BCUT2D eigenvalue weighted by Gasteiger charge is -2.07. The molecule has 0 atom stereocenters. The quantitative estimate of drug-likeness (QED) is 0.686. The van der Waals surface area contributed by atoms with E-state index in [2.05, 4.69) is 14.9 Å². The average Bonchev–Trinajstić information content (AvgIpc) is 3.06. The Labute approximate surface area is 151 Å². The van der Waals surface area contributed by atoms with E-state index in [1.54, 1.807) is 18.2 Å². The predicted octanol–water partition coefficient (Wildman–Crippen LogP) is 2.85. The van der Waals surface area contributed by atoms with Crippen molar-refractivity contribution in [2.75, 3.05) is 6.54 Å². The third-order valence-corrected chi connectivity index (χ3v) is 5.17. The number of benzene rings is 2. The van der Waals surface area contributed by atoms with E-state index in [0.29, 0.717) is 17.3 Å². The Balaban J connectivity index is 1.56. The molecule has 0 aliphatic carbocycles. The van der Waals surface area contributed by atoms with Gasteiger partial charge in [0.1, 0.15) is 5.82 Å². The summed E-state index contributed by atoms with van der Waals surface area (Å²) in [6.45, 7) is 2.03. The summed E-state index contributed by atoms with van der Waals surface area (Å²) in [4.78, 5) is 4.19. The van der Waals surface area contributed by atoms with Crippen molar-refractivity contribution in [1.82, 2.24) is 14.9 Å². The van der Waals surface area contributed by atoms with Crippen molar-refractivity contribution < 1.29 is 17.3 Å². The van der Waals surface area contributed by atoms with Crippen molar-refractivity contribution in [2.24, 2.45) is 0 Å². The fourth-order valence-electron chi connectivity index (χ4n) is 2.41. The van der Waals surface area contributed by atoms with Gasteiger partial charge in [0.25, 0.3) is 0 Å². The number of nitrogens with zero attached hydrogens (tertiary/aromatic N) is 2. The highest BCUT2D eigenvalue weighted by Gasteiger charge is 2.14. The highest BCUT2D eigenvalue weighted by Crippen LogP contribution is 2.16. The third kappa shape index (κ3) is 4.74. The number of sulfonamides is 1. The van der Waals surface area contributed by atoms with Gasteiger partial charge in [-0.05, 0) is 42.3 Å². The van der Waals surface area contributed by atoms with Crippen LogP contribution in [0.3, 0.4) is 0 Å². The van der Waals surface area contributed by atoms with E-state index in [0.717, 1.165) is 11.1 Å². The zero-order chi connectivity index (χ0) is 18.6. The summed E-state index contributed by atoms with van der Waals surface area (Å²) >= 11 is 0. The highest BCUT2D eigenvalue weighted by atomic mass is 32.2. The highest BCUT2D eigenvalue weighted by molar-refractivity contribution is 7.88. The van der Waals surface area contributed by atoms with Gasteiger partial charge in [0, 0.05) is 18.5 Å². The Morgan fingerprint density at radius 3 is 2.58 bits per heavy atom. The second-order valence-corrected chi connectivity index (χ2v) is 7.66. The van der Waals surface area contributed by atoms with Gasteiger partial charge in [-0.3, -0.25) is 0 Å². The monoisotopic (exact) mass is 375 g/mol.